The number of amides is 1. The number of nitrogens with two attached hydrogens (primary N) is 1. The van der Waals surface area contributed by atoms with Crippen LogP contribution in [0.2, 0.25) is 0 Å². The lowest BCUT2D eigenvalue weighted by Crippen LogP contribution is -2.25. The SMILES string of the molecule is NC(=O)CCCNS(=O)(=O)c1ccc(C#CCO)cc1. The molecule has 0 atom stereocenters. The van der Waals surface area contributed by atoms with Crippen molar-refractivity contribution in [1.29, 1.82) is 0 Å². The molecule has 4 N–H and O–H groups in total. The smallest absolute Gasteiger partial charge is 0.240 e. The first-order valence-electron chi connectivity index (χ1n) is 5.93. The van der Waals surface area contributed by atoms with Gasteiger partial charge in [0.1, 0.15) is 6.61 Å². The van der Waals surface area contributed by atoms with Gasteiger partial charge in [-0.2, -0.15) is 0 Å². The van der Waals surface area contributed by atoms with Gasteiger partial charge in [0, 0.05) is 18.5 Å². The number of aliphatic hydroxyl groups excluding tert-OH is 1. The van der Waals surface area contributed by atoms with Crippen LogP contribution in [0.3, 0.4) is 0 Å². The third-order valence-electron chi connectivity index (χ3n) is 2.37. The van der Waals surface area contributed by atoms with E-state index < -0.39 is 15.9 Å². The van der Waals surface area contributed by atoms with Crippen molar-refractivity contribution in [3.63, 3.8) is 0 Å². The summed E-state index contributed by atoms with van der Waals surface area (Å²) >= 11 is 0. The van der Waals surface area contributed by atoms with Gasteiger partial charge in [-0.1, -0.05) is 11.8 Å². The summed E-state index contributed by atoms with van der Waals surface area (Å²) in [4.78, 5) is 10.6. The Bertz CT molecular complexity index is 612. The molecule has 0 bridgehead atoms. The molecule has 0 radical (unpaired) electrons. The summed E-state index contributed by atoms with van der Waals surface area (Å²) in [7, 11) is -3.60. The van der Waals surface area contributed by atoms with Crippen LogP contribution in [-0.4, -0.2) is 32.6 Å². The van der Waals surface area contributed by atoms with Crippen LogP contribution in [0.1, 0.15) is 18.4 Å². The predicted octanol–water partition coefficient (Wildman–Crippen LogP) is -0.426. The quantitative estimate of drug-likeness (QED) is 0.489. The van der Waals surface area contributed by atoms with Crippen LogP contribution < -0.4 is 10.5 Å². The van der Waals surface area contributed by atoms with Crippen molar-refractivity contribution in [3.05, 3.63) is 29.8 Å². The third-order valence-corrected chi connectivity index (χ3v) is 3.85. The molecular formula is C13H16N2O4S. The monoisotopic (exact) mass is 296 g/mol. The van der Waals surface area contributed by atoms with Crippen LogP contribution in [0, 0.1) is 11.8 Å². The molecule has 108 valence electrons. The van der Waals surface area contributed by atoms with Crippen LogP contribution in [-0.2, 0) is 14.8 Å². The Morgan fingerprint density at radius 2 is 1.95 bits per heavy atom. The molecule has 0 aliphatic rings. The standard InChI is InChI=1S/C13H16N2O4S/c14-13(17)4-1-9-15-20(18,19)12-7-5-11(6-8-12)3-2-10-16/h5-8,15-16H,1,4,9-10H2,(H2,14,17). The molecule has 0 heterocycles. The number of nitrogens with one attached hydrogen (secondary N) is 1. The van der Waals surface area contributed by atoms with Crippen LogP contribution in [0.5, 0.6) is 0 Å². The minimum Gasteiger partial charge on any atom is -0.384 e. The van der Waals surface area contributed by atoms with Crippen molar-refractivity contribution in [2.75, 3.05) is 13.2 Å². The maximum Gasteiger partial charge on any atom is 0.240 e. The lowest BCUT2D eigenvalue weighted by molar-refractivity contribution is -0.118. The minimum absolute atomic E-state index is 0.117. The molecular weight excluding hydrogens is 280 g/mol. The second-order valence-corrected chi connectivity index (χ2v) is 5.72. The van der Waals surface area contributed by atoms with Crippen molar-refractivity contribution in [3.8, 4) is 11.8 Å². The number of benzene rings is 1. The van der Waals surface area contributed by atoms with Gasteiger partial charge < -0.3 is 10.8 Å². The van der Waals surface area contributed by atoms with E-state index in [1.807, 2.05) is 0 Å². The summed E-state index contributed by atoms with van der Waals surface area (Å²) in [5.74, 6) is 4.68. The zero-order valence-corrected chi connectivity index (χ0v) is 11.6. The molecule has 1 aromatic carbocycles. The van der Waals surface area contributed by atoms with E-state index >= 15 is 0 Å². The highest BCUT2D eigenvalue weighted by molar-refractivity contribution is 7.89. The first kappa shape index (κ1) is 16.2. The van der Waals surface area contributed by atoms with Crippen molar-refractivity contribution < 1.29 is 18.3 Å². The third kappa shape index (κ3) is 5.40. The van der Waals surface area contributed by atoms with Gasteiger partial charge in [0.25, 0.3) is 0 Å². The molecule has 0 spiro atoms. The number of carbonyl (C=O) groups is 1. The Balaban J connectivity index is 2.65. The van der Waals surface area contributed by atoms with Crippen LogP contribution in [0.15, 0.2) is 29.2 Å². The Kier molecular flexibility index (Phi) is 6.18. The summed E-state index contributed by atoms with van der Waals surface area (Å²) in [6.07, 6.45) is 0.493. The number of aliphatic hydroxyl groups is 1. The molecule has 0 aliphatic heterocycles. The first-order chi connectivity index (χ1) is 9.45. The fourth-order valence-corrected chi connectivity index (χ4v) is 2.49. The molecule has 0 saturated carbocycles. The molecule has 6 nitrogen and oxygen atoms in total. The van der Waals surface area contributed by atoms with E-state index in [4.69, 9.17) is 10.8 Å². The molecule has 0 unspecified atom stereocenters. The van der Waals surface area contributed by atoms with E-state index in [2.05, 4.69) is 16.6 Å². The normalized spacial score (nSPS) is 10.7. The Morgan fingerprint density at radius 1 is 1.30 bits per heavy atom. The zero-order chi connectivity index (χ0) is 15.0. The molecule has 7 heteroatoms. The second-order valence-electron chi connectivity index (χ2n) is 3.95. The summed E-state index contributed by atoms with van der Waals surface area (Å²) in [5, 5.41) is 8.56. The number of hydrogen-bond donors (Lipinski definition) is 3. The maximum atomic E-state index is 11.9. The van der Waals surface area contributed by atoms with E-state index in [1.54, 1.807) is 12.1 Å². The Hall–Kier alpha value is -1.88. The second kappa shape index (κ2) is 7.65. The van der Waals surface area contributed by atoms with Crippen LogP contribution in [0.25, 0.3) is 0 Å². The summed E-state index contributed by atoms with van der Waals surface area (Å²) < 4.78 is 26.2. The lowest BCUT2D eigenvalue weighted by atomic mass is 10.2. The fourth-order valence-electron chi connectivity index (χ4n) is 1.41. The van der Waals surface area contributed by atoms with Gasteiger partial charge in [-0.15, -0.1) is 0 Å². The zero-order valence-electron chi connectivity index (χ0n) is 10.8. The Labute approximate surface area is 118 Å². The number of hydrogen-bond acceptors (Lipinski definition) is 4. The highest BCUT2D eigenvalue weighted by atomic mass is 32.2. The van der Waals surface area contributed by atoms with Crippen molar-refractivity contribution in [2.45, 2.75) is 17.7 Å². The van der Waals surface area contributed by atoms with E-state index in [1.165, 1.54) is 12.1 Å². The number of carbonyl (C=O) groups excluding carboxylic acids is 1. The fraction of sp³-hybridized carbons (Fsp3) is 0.308. The van der Waals surface area contributed by atoms with E-state index in [-0.39, 0.29) is 24.5 Å². The highest BCUT2D eigenvalue weighted by Gasteiger charge is 2.12. The van der Waals surface area contributed by atoms with Gasteiger partial charge in [0.15, 0.2) is 0 Å². The molecule has 0 saturated heterocycles. The molecule has 1 amide bonds. The molecule has 0 aliphatic carbocycles. The predicted molar refractivity (Wildman–Crippen MR) is 74.0 cm³/mol. The molecule has 1 rings (SSSR count). The van der Waals surface area contributed by atoms with E-state index in [9.17, 15) is 13.2 Å². The van der Waals surface area contributed by atoms with Gasteiger partial charge in [-0.3, -0.25) is 4.79 Å². The highest BCUT2D eigenvalue weighted by Crippen LogP contribution is 2.10. The summed E-state index contributed by atoms with van der Waals surface area (Å²) in [6, 6.07) is 5.97. The average molecular weight is 296 g/mol. The van der Waals surface area contributed by atoms with Crippen molar-refractivity contribution in [1.82, 2.24) is 4.72 Å². The topological polar surface area (TPSA) is 109 Å². The molecule has 1 aromatic rings. The Morgan fingerprint density at radius 3 is 2.50 bits per heavy atom. The van der Waals surface area contributed by atoms with Crippen molar-refractivity contribution >= 4 is 15.9 Å². The van der Waals surface area contributed by atoms with Gasteiger partial charge in [0.2, 0.25) is 15.9 Å². The van der Waals surface area contributed by atoms with Gasteiger partial charge in [0.05, 0.1) is 4.90 Å². The molecule has 0 aromatic heterocycles. The van der Waals surface area contributed by atoms with Crippen molar-refractivity contribution in [2.24, 2.45) is 5.73 Å². The molecule has 0 fully saturated rings. The van der Waals surface area contributed by atoms with Gasteiger partial charge in [-0.05, 0) is 30.7 Å². The lowest BCUT2D eigenvalue weighted by Gasteiger charge is -2.06. The number of primary amides is 1. The number of rotatable bonds is 6. The van der Waals surface area contributed by atoms with Crippen LogP contribution >= 0.6 is 0 Å². The average Bonchev–Trinajstić information content (AvgIpc) is 2.42. The van der Waals surface area contributed by atoms with E-state index in [0.29, 0.717) is 12.0 Å². The molecule has 20 heavy (non-hydrogen) atoms. The first-order valence-corrected chi connectivity index (χ1v) is 7.42. The summed E-state index contributed by atoms with van der Waals surface area (Å²) in [5.41, 5.74) is 5.58. The largest absolute Gasteiger partial charge is 0.384 e. The summed E-state index contributed by atoms with van der Waals surface area (Å²) in [6.45, 7) is -0.0984. The van der Waals surface area contributed by atoms with Gasteiger partial charge >= 0.3 is 0 Å². The number of sulfonamides is 1. The van der Waals surface area contributed by atoms with Crippen LogP contribution in [0.4, 0.5) is 0 Å². The maximum absolute atomic E-state index is 11.9. The van der Waals surface area contributed by atoms with E-state index in [0.717, 1.165) is 0 Å². The van der Waals surface area contributed by atoms with Gasteiger partial charge in [-0.25, -0.2) is 13.1 Å². The minimum atomic E-state index is -3.60.